The Bertz CT molecular complexity index is 823. The van der Waals surface area contributed by atoms with Crippen molar-refractivity contribution in [1.29, 1.82) is 0 Å². The number of ether oxygens (including phenoxy) is 1. The Kier molecular flexibility index (Phi) is 6.31. The smallest absolute Gasteiger partial charge is 0.317 e. The van der Waals surface area contributed by atoms with E-state index in [9.17, 15) is 14.4 Å². The monoisotopic (exact) mass is 333 g/mol. The van der Waals surface area contributed by atoms with Crippen LogP contribution in [0.4, 0.5) is 0 Å². The number of carbonyl (C=O) groups is 1. The van der Waals surface area contributed by atoms with Gasteiger partial charge in [0.2, 0.25) is 5.91 Å². The highest BCUT2D eigenvalue weighted by atomic mass is 16.5. The van der Waals surface area contributed by atoms with Crippen LogP contribution >= 0.6 is 0 Å². The summed E-state index contributed by atoms with van der Waals surface area (Å²) in [5, 5.41) is 2.74. The number of rotatable bonds is 8. The summed E-state index contributed by atoms with van der Waals surface area (Å²) in [5.41, 5.74) is -0.0671. The van der Waals surface area contributed by atoms with Gasteiger partial charge in [-0.3, -0.25) is 19.0 Å². The third kappa shape index (κ3) is 3.91. The standard InChI is InChI=1S/C17H23N3O4/c1-3-19-13-8-5-6-9-14(13)20(17(23)16(19)22)12-15(21)18-10-7-11-24-4-2/h5-6,8-9H,3-4,7,10-12H2,1-2H3,(H,18,21). The summed E-state index contributed by atoms with van der Waals surface area (Å²) in [7, 11) is 0. The molecular weight excluding hydrogens is 310 g/mol. The van der Waals surface area contributed by atoms with Gasteiger partial charge in [-0.2, -0.15) is 0 Å². The molecule has 2 rings (SSSR count). The number of hydrogen-bond donors (Lipinski definition) is 1. The van der Waals surface area contributed by atoms with Gasteiger partial charge in [-0.05, 0) is 32.4 Å². The molecule has 1 N–H and O–H groups in total. The number of amides is 1. The van der Waals surface area contributed by atoms with Gasteiger partial charge in [-0.1, -0.05) is 12.1 Å². The zero-order valence-electron chi connectivity index (χ0n) is 14.1. The lowest BCUT2D eigenvalue weighted by molar-refractivity contribution is -0.121. The summed E-state index contributed by atoms with van der Waals surface area (Å²) in [6, 6.07) is 7.10. The molecule has 0 bridgehead atoms. The van der Waals surface area contributed by atoms with E-state index in [1.54, 1.807) is 24.3 Å². The molecule has 0 aliphatic carbocycles. The molecule has 0 fully saturated rings. The highest BCUT2D eigenvalue weighted by molar-refractivity contribution is 5.80. The maximum atomic E-state index is 12.3. The molecule has 130 valence electrons. The fourth-order valence-corrected chi connectivity index (χ4v) is 2.59. The van der Waals surface area contributed by atoms with Crippen molar-refractivity contribution in [3.8, 4) is 0 Å². The number of fused-ring (bicyclic) bond motifs is 1. The quantitative estimate of drug-likeness (QED) is 0.570. The van der Waals surface area contributed by atoms with E-state index in [1.807, 2.05) is 13.8 Å². The Morgan fingerprint density at radius 2 is 1.71 bits per heavy atom. The molecule has 24 heavy (non-hydrogen) atoms. The van der Waals surface area contributed by atoms with Gasteiger partial charge in [-0.15, -0.1) is 0 Å². The van der Waals surface area contributed by atoms with Crippen LogP contribution in [0.25, 0.3) is 11.0 Å². The summed E-state index contributed by atoms with van der Waals surface area (Å²) in [6.45, 7) is 5.64. The minimum Gasteiger partial charge on any atom is -0.382 e. The first-order chi connectivity index (χ1) is 11.6. The van der Waals surface area contributed by atoms with Crippen molar-refractivity contribution in [3.05, 3.63) is 45.0 Å². The fourth-order valence-electron chi connectivity index (χ4n) is 2.59. The lowest BCUT2D eigenvalue weighted by Gasteiger charge is -2.13. The molecule has 0 atom stereocenters. The molecular formula is C17H23N3O4. The number of aryl methyl sites for hydroxylation is 1. The van der Waals surface area contributed by atoms with E-state index >= 15 is 0 Å². The van der Waals surface area contributed by atoms with Gasteiger partial charge in [0.25, 0.3) is 0 Å². The third-order valence-electron chi connectivity index (χ3n) is 3.75. The summed E-state index contributed by atoms with van der Waals surface area (Å²) in [5.74, 6) is -0.299. The van der Waals surface area contributed by atoms with E-state index in [-0.39, 0.29) is 12.5 Å². The van der Waals surface area contributed by atoms with Gasteiger partial charge in [0.1, 0.15) is 6.54 Å². The number of para-hydroxylation sites is 2. The molecule has 7 heteroatoms. The van der Waals surface area contributed by atoms with Crippen molar-refractivity contribution in [2.75, 3.05) is 19.8 Å². The maximum absolute atomic E-state index is 12.3. The predicted molar refractivity (Wildman–Crippen MR) is 92.3 cm³/mol. The lowest BCUT2D eigenvalue weighted by Crippen LogP contribution is -2.43. The average Bonchev–Trinajstić information content (AvgIpc) is 2.59. The molecule has 1 aromatic heterocycles. The zero-order chi connectivity index (χ0) is 17.5. The molecule has 1 amide bonds. The second-order valence-electron chi connectivity index (χ2n) is 5.33. The Morgan fingerprint density at radius 3 is 2.33 bits per heavy atom. The van der Waals surface area contributed by atoms with Crippen molar-refractivity contribution >= 4 is 16.9 Å². The highest BCUT2D eigenvalue weighted by Gasteiger charge is 2.14. The molecule has 1 heterocycles. The molecule has 0 spiro atoms. The van der Waals surface area contributed by atoms with Gasteiger partial charge in [0.05, 0.1) is 11.0 Å². The molecule has 0 radical (unpaired) electrons. The molecule has 0 saturated heterocycles. The third-order valence-corrected chi connectivity index (χ3v) is 3.75. The number of hydrogen-bond acceptors (Lipinski definition) is 4. The van der Waals surface area contributed by atoms with Gasteiger partial charge >= 0.3 is 11.1 Å². The van der Waals surface area contributed by atoms with Gasteiger partial charge in [0, 0.05) is 26.3 Å². The van der Waals surface area contributed by atoms with E-state index in [0.29, 0.717) is 43.8 Å². The van der Waals surface area contributed by atoms with Gasteiger partial charge in [0.15, 0.2) is 0 Å². The zero-order valence-corrected chi connectivity index (χ0v) is 14.1. The van der Waals surface area contributed by atoms with Crippen LogP contribution in [0.2, 0.25) is 0 Å². The first kappa shape index (κ1) is 17.9. The number of aromatic nitrogens is 2. The van der Waals surface area contributed by atoms with Crippen LogP contribution in [0.1, 0.15) is 20.3 Å². The summed E-state index contributed by atoms with van der Waals surface area (Å²) >= 11 is 0. The van der Waals surface area contributed by atoms with Gasteiger partial charge < -0.3 is 14.6 Å². The highest BCUT2D eigenvalue weighted by Crippen LogP contribution is 2.10. The number of nitrogens with one attached hydrogen (secondary N) is 1. The van der Waals surface area contributed by atoms with E-state index in [1.165, 1.54) is 9.13 Å². The van der Waals surface area contributed by atoms with Crippen LogP contribution < -0.4 is 16.4 Å². The van der Waals surface area contributed by atoms with Crippen LogP contribution in [0.3, 0.4) is 0 Å². The summed E-state index contributed by atoms with van der Waals surface area (Å²) in [4.78, 5) is 36.7. The van der Waals surface area contributed by atoms with Crippen molar-refractivity contribution < 1.29 is 9.53 Å². The molecule has 0 aliphatic rings. The number of nitrogens with zero attached hydrogens (tertiary/aromatic N) is 2. The minimum atomic E-state index is -0.681. The Hall–Kier alpha value is -2.41. The second kappa shape index (κ2) is 8.44. The van der Waals surface area contributed by atoms with Crippen LogP contribution in [-0.2, 0) is 22.6 Å². The molecule has 0 saturated carbocycles. The van der Waals surface area contributed by atoms with Crippen molar-refractivity contribution in [2.45, 2.75) is 33.4 Å². The predicted octanol–water partition coefficient (Wildman–Crippen LogP) is 0.726. The Morgan fingerprint density at radius 1 is 1.08 bits per heavy atom. The molecule has 0 aliphatic heterocycles. The SMILES string of the molecule is CCOCCCNC(=O)Cn1c(=O)c(=O)n(CC)c2ccccc21. The van der Waals surface area contributed by atoms with Crippen LogP contribution in [0.15, 0.2) is 33.9 Å². The summed E-state index contributed by atoms with van der Waals surface area (Å²) in [6.07, 6.45) is 0.701. The van der Waals surface area contributed by atoms with E-state index < -0.39 is 11.1 Å². The van der Waals surface area contributed by atoms with Crippen LogP contribution in [0.5, 0.6) is 0 Å². The topological polar surface area (TPSA) is 82.3 Å². The molecule has 0 unspecified atom stereocenters. The summed E-state index contributed by atoms with van der Waals surface area (Å²) < 4.78 is 7.86. The van der Waals surface area contributed by atoms with Crippen LogP contribution in [0, 0.1) is 0 Å². The fraction of sp³-hybridized carbons (Fsp3) is 0.471. The first-order valence-corrected chi connectivity index (χ1v) is 8.17. The average molecular weight is 333 g/mol. The van der Waals surface area contributed by atoms with Crippen LogP contribution in [-0.4, -0.2) is 34.8 Å². The normalized spacial score (nSPS) is 10.9. The number of benzene rings is 1. The van der Waals surface area contributed by atoms with E-state index in [4.69, 9.17) is 4.74 Å². The minimum absolute atomic E-state index is 0.173. The Balaban J connectivity index is 2.23. The first-order valence-electron chi connectivity index (χ1n) is 8.17. The second-order valence-corrected chi connectivity index (χ2v) is 5.33. The van der Waals surface area contributed by atoms with E-state index in [0.717, 1.165) is 0 Å². The molecule has 7 nitrogen and oxygen atoms in total. The lowest BCUT2D eigenvalue weighted by atomic mass is 10.2. The Labute approximate surface area is 139 Å². The van der Waals surface area contributed by atoms with Crippen molar-refractivity contribution in [1.82, 2.24) is 14.5 Å². The van der Waals surface area contributed by atoms with Gasteiger partial charge in [-0.25, -0.2) is 0 Å². The number of carbonyl (C=O) groups excluding carboxylic acids is 1. The maximum Gasteiger partial charge on any atom is 0.317 e. The largest absolute Gasteiger partial charge is 0.382 e. The van der Waals surface area contributed by atoms with Crippen molar-refractivity contribution in [3.63, 3.8) is 0 Å². The van der Waals surface area contributed by atoms with E-state index in [2.05, 4.69) is 5.32 Å². The molecule has 2 aromatic rings. The van der Waals surface area contributed by atoms with Crippen molar-refractivity contribution in [2.24, 2.45) is 0 Å². The molecule has 1 aromatic carbocycles.